The van der Waals surface area contributed by atoms with Gasteiger partial charge >= 0.3 is 0 Å². The second-order valence-electron chi connectivity index (χ2n) is 3.42. The molecule has 14 heavy (non-hydrogen) atoms. The van der Waals surface area contributed by atoms with E-state index in [9.17, 15) is 0 Å². The predicted octanol–water partition coefficient (Wildman–Crippen LogP) is 3.22. The molecule has 2 nitrogen and oxygen atoms in total. The van der Waals surface area contributed by atoms with E-state index in [0.29, 0.717) is 5.92 Å². The van der Waals surface area contributed by atoms with Gasteiger partial charge in [-0.05, 0) is 30.5 Å². The average Bonchev–Trinajstić information content (AvgIpc) is 2.27. The number of rotatable bonds is 4. The third-order valence-electron chi connectivity index (χ3n) is 2.58. The zero-order chi connectivity index (χ0) is 10.6. The largest absolute Gasteiger partial charge is 0.497 e. The average molecular weight is 194 g/mol. The van der Waals surface area contributed by atoms with E-state index in [2.05, 4.69) is 13.8 Å². The van der Waals surface area contributed by atoms with E-state index >= 15 is 0 Å². The molecule has 0 amide bonds. The molecule has 0 aliphatic carbocycles. The molecule has 0 aromatic heterocycles. The van der Waals surface area contributed by atoms with E-state index in [1.54, 1.807) is 14.2 Å². The predicted molar refractivity (Wildman–Crippen MR) is 58.3 cm³/mol. The molecule has 0 saturated heterocycles. The third-order valence-corrected chi connectivity index (χ3v) is 2.58. The maximum Gasteiger partial charge on any atom is 0.122 e. The van der Waals surface area contributed by atoms with Crippen molar-refractivity contribution in [2.24, 2.45) is 0 Å². The minimum atomic E-state index is 0.500. The van der Waals surface area contributed by atoms with Crippen LogP contribution in [0.4, 0.5) is 0 Å². The maximum absolute atomic E-state index is 5.31. The van der Waals surface area contributed by atoms with Gasteiger partial charge in [0.1, 0.15) is 11.5 Å². The van der Waals surface area contributed by atoms with Gasteiger partial charge in [0.15, 0.2) is 0 Å². The Balaban J connectivity index is 3.08. The van der Waals surface area contributed by atoms with Crippen LogP contribution in [0.1, 0.15) is 31.7 Å². The molecule has 0 fully saturated rings. The van der Waals surface area contributed by atoms with Crippen LogP contribution in [0.15, 0.2) is 18.2 Å². The lowest BCUT2D eigenvalue weighted by Crippen LogP contribution is -1.97. The summed E-state index contributed by atoms with van der Waals surface area (Å²) < 4.78 is 10.5. The Labute approximate surface area is 85.8 Å². The molecule has 0 heterocycles. The molecule has 0 bridgehead atoms. The molecular formula is C12H18O2. The molecule has 0 saturated carbocycles. The molecular weight excluding hydrogens is 176 g/mol. The van der Waals surface area contributed by atoms with Crippen LogP contribution >= 0.6 is 0 Å². The summed E-state index contributed by atoms with van der Waals surface area (Å²) in [6, 6.07) is 5.93. The number of hydrogen-bond donors (Lipinski definition) is 0. The highest BCUT2D eigenvalue weighted by atomic mass is 16.5. The van der Waals surface area contributed by atoms with Crippen LogP contribution in [-0.4, -0.2) is 14.2 Å². The first-order valence-corrected chi connectivity index (χ1v) is 4.94. The van der Waals surface area contributed by atoms with Crippen molar-refractivity contribution in [2.45, 2.75) is 26.2 Å². The van der Waals surface area contributed by atoms with Gasteiger partial charge in [-0.3, -0.25) is 0 Å². The highest BCUT2D eigenvalue weighted by Crippen LogP contribution is 2.31. The van der Waals surface area contributed by atoms with Crippen molar-refractivity contribution in [1.82, 2.24) is 0 Å². The Morgan fingerprint density at radius 3 is 2.43 bits per heavy atom. The number of ether oxygens (including phenoxy) is 2. The Morgan fingerprint density at radius 1 is 1.21 bits per heavy atom. The minimum absolute atomic E-state index is 0.500. The molecule has 1 aromatic carbocycles. The van der Waals surface area contributed by atoms with Gasteiger partial charge in [-0.15, -0.1) is 0 Å². The second-order valence-corrected chi connectivity index (χ2v) is 3.42. The quantitative estimate of drug-likeness (QED) is 0.732. The molecule has 1 aromatic rings. The van der Waals surface area contributed by atoms with Crippen LogP contribution in [0.2, 0.25) is 0 Å². The van der Waals surface area contributed by atoms with E-state index in [-0.39, 0.29) is 0 Å². The SMILES string of the molecule is CCC(C)c1cc(OC)ccc1OC. The van der Waals surface area contributed by atoms with Crippen molar-refractivity contribution in [3.63, 3.8) is 0 Å². The van der Waals surface area contributed by atoms with Crippen LogP contribution in [0.3, 0.4) is 0 Å². The third kappa shape index (κ3) is 2.19. The second kappa shape index (κ2) is 4.89. The van der Waals surface area contributed by atoms with Crippen LogP contribution < -0.4 is 9.47 Å². The van der Waals surface area contributed by atoms with Gasteiger partial charge in [-0.25, -0.2) is 0 Å². The molecule has 1 unspecified atom stereocenters. The molecule has 0 aliphatic heterocycles. The molecule has 0 spiro atoms. The molecule has 0 radical (unpaired) electrons. The topological polar surface area (TPSA) is 18.5 Å². The zero-order valence-electron chi connectivity index (χ0n) is 9.33. The Morgan fingerprint density at radius 2 is 1.93 bits per heavy atom. The molecule has 0 aliphatic rings. The molecule has 1 rings (SSSR count). The maximum atomic E-state index is 5.31. The summed E-state index contributed by atoms with van der Waals surface area (Å²) in [6.07, 6.45) is 1.10. The fraction of sp³-hybridized carbons (Fsp3) is 0.500. The van der Waals surface area contributed by atoms with Crippen molar-refractivity contribution in [2.75, 3.05) is 14.2 Å². The first-order chi connectivity index (χ1) is 6.72. The van der Waals surface area contributed by atoms with Gasteiger partial charge in [-0.2, -0.15) is 0 Å². The van der Waals surface area contributed by atoms with Crippen molar-refractivity contribution < 1.29 is 9.47 Å². The highest BCUT2D eigenvalue weighted by Gasteiger charge is 2.10. The standard InChI is InChI=1S/C12H18O2/c1-5-9(2)11-8-10(13-3)6-7-12(11)14-4/h6-9H,5H2,1-4H3. The van der Waals surface area contributed by atoms with E-state index in [1.165, 1.54) is 5.56 Å². The van der Waals surface area contributed by atoms with Gasteiger partial charge in [-0.1, -0.05) is 13.8 Å². The minimum Gasteiger partial charge on any atom is -0.497 e. The lowest BCUT2D eigenvalue weighted by Gasteiger charge is -2.14. The first kappa shape index (κ1) is 10.9. The summed E-state index contributed by atoms with van der Waals surface area (Å²) in [7, 11) is 3.38. The van der Waals surface area contributed by atoms with Gasteiger partial charge in [0, 0.05) is 5.56 Å². The molecule has 2 heteroatoms. The summed E-state index contributed by atoms with van der Waals surface area (Å²) >= 11 is 0. The summed E-state index contributed by atoms with van der Waals surface area (Å²) in [5, 5.41) is 0. The van der Waals surface area contributed by atoms with Crippen molar-refractivity contribution in [1.29, 1.82) is 0 Å². The van der Waals surface area contributed by atoms with Crippen LogP contribution in [-0.2, 0) is 0 Å². The monoisotopic (exact) mass is 194 g/mol. The van der Waals surface area contributed by atoms with Crippen LogP contribution in [0, 0.1) is 0 Å². The lowest BCUT2D eigenvalue weighted by molar-refractivity contribution is 0.395. The fourth-order valence-corrected chi connectivity index (χ4v) is 1.44. The molecule has 78 valence electrons. The number of methoxy groups -OCH3 is 2. The van der Waals surface area contributed by atoms with E-state index < -0.39 is 0 Å². The summed E-state index contributed by atoms with van der Waals surface area (Å²) in [6.45, 7) is 4.36. The Bertz CT molecular complexity index is 294. The van der Waals surface area contributed by atoms with Crippen molar-refractivity contribution in [3.8, 4) is 11.5 Å². The van der Waals surface area contributed by atoms with Gasteiger partial charge in [0.25, 0.3) is 0 Å². The zero-order valence-corrected chi connectivity index (χ0v) is 9.33. The Kier molecular flexibility index (Phi) is 3.81. The van der Waals surface area contributed by atoms with Crippen molar-refractivity contribution >= 4 is 0 Å². The summed E-state index contributed by atoms with van der Waals surface area (Å²) in [5.74, 6) is 2.33. The smallest absolute Gasteiger partial charge is 0.122 e. The highest BCUT2D eigenvalue weighted by molar-refractivity contribution is 5.42. The number of hydrogen-bond acceptors (Lipinski definition) is 2. The van der Waals surface area contributed by atoms with Gasteiger partial charge in [0.05, 0.1) is 14.2 Å². The molecule has 1 atom stereocenters. The Hall–Kier alpha value is -1.18. The van der Waals surface area contributed by atoms with E-state index in [0.717, 1.165) is 17.9 Å². The van der Waals surface area contributed by atoms with E-state index in [1.807, 2.05) is 18.2 Å². The fourth-order valence-electron chi connectivity index (χ4n) is 1.44. The summed E-state index contributed by atoms with van der Waals surface area (Å²) in [5.41, 5.74) is 1.22. The summed E-state index contributed by atoms with van der Waals surface area (Å²) in [4.78, 5) is 0. The van der Waals surface area contributed by atoms with Gasteiger partial charge in [0.2, 0.25) is 0 Å². The normalized spacial score (nSPS) is 12.3. The van der Waals surface area contributed by atoms with Gasteiger partial charge < -0.3 is 9.47 Å². The van der Waals surface area contributed by atoms with Crippen molar-refractivity contribution in [3.05, 3.63) is 23.8 Å². The molecule has 0 N–H and O–H groups in total. The van der Waals surface area contributed by atoms with Crippen LogP contribution in [0.5, 0.6) is 11.5 Å². The number of benzene rings is 1. The lowest BCUT2D eigenvalue weighted by atomic mass is 9.97. The first-order valence-electron chi connectivity index (χ1n) is 4.94. The van der Waals surface area contributed by atoms with E-state index in [4.69, 9.17) is 9.47 Å². The van der Waals surface area contributed by atoms with Crippen LogP contribution in [0.25, 0.3) is 0 Å².